The largest absolute Gasteiger partial charge is 0.433 e. The minimum atomic E-state index is -4.60. The molecule has 0 bridgehead atoms. The predicted octanol–water partition coefficient (Wildman–Crippen LogP) is 2.42. The van der Waals surface area contributed by atoms with Crippen LogP contribution in [-0.4, -0.2) is 51.9 Å². The molecule has 3 aromatic rings. The van der Waals surface area contributed by atoms with Crippen LogP contribution in [0.1, 0.15) is 47.8 Å². The molecular formula is C18H19F3N8O. The highest BCUT2D eigenvalue weighted by Crippen LogP contribution is 2.34. The van der Waals surface area contributed by atoms with E-state index < -0.39 is 23.8 Å². The Morgan fingerprint density at radius 3 is 2.57 bits per heavy atom. The van der Waals surface area contributed by atoms with Gasteiger partial charge in [-0.25, -0.2) is 15.0 Å². The molecule has 0 saturated heterocycles. The van der Waals surface area contributed by atoms with Crippen LogP contribution in [0.15, 0.2) is 30.9 Å². The summed E-state index contributed by atoms with van der Waals surface area (Å²) in [5.74, 6) is 0.394. The molecule has 30 heavy (non-hydrogen) atoms. The van der Waals surface area contributed by atoms with E-state index >= 15 is 0 Å². The summed E-state index contributed by atoms with van der Waals surface area (Å²) < 4.78 is 41.5. The van der Waals surface area contributed by atoms with Crippen molar-refractivity contribution in [2.45, 2.75) is 32.0 Å². The first kappa shape index (κ1) is 20.0. The number of nitrogens with zero attached hydrogens (tertiary/aromatic N) is 8. The van der Waals surface area contributed by atoms with Crippen molar-refractivity contribution in [1.82, 2.24) is 39.4 Å². The molecule has 3 heterocycles. The van der Waals surface area contributed by atoms with Gasteiger partial charge in [0.05, 0.1) is 6.04 Å². The maximum absolute atomic E-state index is 13.2. The molecule has 0 aromatic carbocycles. The summed E-state index contributed by atoms with van der Waals surface area (Å²) >= 11 is 0. The van der Waals surface area contributed by atoms with Gasteiger partial charge in [-0.2, -0.15) is 28.1 Å². The van der Waals surface area contributed by atoms with Gasteiger partial charge in [0.1, 0.15) is 12.0 Å². The Bertz CT molecular complexity index is 1040. The Hall–Kier alpha value is -3.31. The second kappa shape index (κ2) is 7.50. The third-order valence-corrected chi connectivity index (χ3v) is 4.96. The van der Waals surface area contributed by atoms with Crippen molar-refractivity contribution in [3.8, 4) is 5.95 Å². The van der Waals surface area contributed by atoms with Crippen molar-refractivity contribution in [3.63, 3.8) is 0 Å². The lowest BCUT2D eigenvalue weighted by molar-refractivity contribution is -0.143. The van der Waals surface area contributed by atoms with Gasteiger partial charge in [0.2, 0.25) is 0 Å². The molecule has 9 nitrogen and oxygen atoms in total. The molecule has 158 valence electrons. The summed E-state index contributed by atoms with van der Waals surface area (Å²) in [4.78, 5) is 27.2. The first-order valence-electron chi connectivity index (χ1n) is 9.35. The standard InChI is InChI=1S/C18H19F3N8O/c1-11(15-24-10-25-29(15)17-22-6-3-7-23-17)28(9-12-4-5-12)16(30)13-8-14(18(19,20)21)27(2)26-13/h3,6-8,10-12H,4-5,9H2,1-2H3. The molecule has 1 atom stereocenters. The molecule has 0 radical (unpaired) electrons. The average molecular weight is 420 g/mol. The number of aryl methyl sites for hydroxylation is 1. The van der Waals surface area contributed by atoms with Gasteiger partial charge in [-0.3, -0.25) is 9.48 Å². The van der Waals surface area contributed by atoms with Crippen LogP contribution in [0.3, 0.4) is 0 Å². The zero-order valence-corrected chi connectivity index (χ0v) is 16.3. The molecule has 1 aliphatic rings. The van der Waals surface area contributed by atoms with Crippen LogP contribution in [0.2, 0.25) is 0 Å². The van der Waals surface area contributed by atoms with Crippen molar-refractivity contribution in [2.75, 3.05) is 6.54 Å². The molecule has 0 aliphatic heterocycles. The van der Waals surface area contributed by atoms with E-state index in [1.807, 2.05) is 0 Å². The van der Waals surface area contributed by atoms with Crippen molar-refractivity contribution in [3.05, 3.63) is 48.1 Å². The van der Waals surface area contributed by atoms with Crippen molar-refractivity contribution < 1.29 is 18.0 Å². The van der Waals surface area contributed by atoms with E-state index in [4.69, 9.17) is 0 Å². The van der Waals surface area contributed by atoms with E-state index in [0.29, 0.717) is 23.0 Å². The van der Waals surface area contributed by atoms with Gasteiger partial charge in [-0.15, -0.1) is 0 Å². The molecule has 0 N–H and O–H groups in total. The van der Waals surface area contributed by atoms with Gasteiger partial charge < -0.3 is 4.90 Å². The number of alkyl halides is 3. The third-order valence-electron chi connectivity index (χ3n) is 4.96. The van der Waals surface area contributed by atoms with Gasteiger partial charge in [0, 0.05) is 32.1 Å². The number of rotatable bonds is 6. The summed E-state index contributed by atoms with van der Waals surface area (Å²) in [5, 5.41) is 7.95. The second-order valence-electron chi connectivity index (χ2n) is 7.19. The molecule has 4 rings (SSSR count). The fourth-order valence-corrected chi connectivity index (χ4v) is 3.21. The molecule has 3 aromatic heterocycles. The lowest BCUT2D eigenvalue weighted by Gasteiger charge is -2.28. The topological polar surface area (TPSA) is 94.6 Å². The van der Waals surface area contributed by atoms with Crippen LogP contribution in [0.25, 0.3) is 5.95 Å². The number of hydrogen-bond acceptors (Lipinski definition) is 6. The van der Waals surface area contributed by atoms with E-state index in [1.54, 1.807) is 25.4 Å². The van der Waals surface area contributed by atoms with Crippen molar-refractivity contribution in [2.24, 2.45) is 13.0 Å². The van der Waals surface area contributed by atoms with Crippen LogP contribution in [0.5, 0.6) is 0 Å². The van der Waals surface area contributed by atoms with Gasteiger partial charge in [-0.1, -0.05) is 0 Å². The molecule has 1 saturated carbocycles. The van der Waals surface area contributed by atoms with E-state index in [-0.39, 0.29) is 11.6 Å². The number of carbonyl (C=O) groups is 1. The first-order chi connectivity index (χ1) is 14.3. The normalized spacial score (nSPS) is 15.2. The summed E-state index contributed by atoms with van der Waals surface area (Å²) in [6.07, 6.45) is 1.75. The second-order valence-corrected chi connectivity index (χ2v) is 7.19. The first-order valence-corrected chi connectivity index (χ1v) is 9.35. The maximum Gasteiger partial charge on any atom is 0.433 e. The van der Waals surface area contributed by atoms with Crippen LogP contribution < -0.4 is 0 Å². The molecule has 0 spiro atoms. The van der Waals surface area contributed by atoms with Crippen LogP contribution >= 0.6 is 0 Å². The van der Waals surface area contributed by atoms with Crippen LogP contribution in [0.4, 0.5) is 13.2 Å². The lowest BCUT2D eigenvalue weighted by atomic mass is 10.2. The van der Waals surface area contributed by atoms with Gasteiger partial charge in [0.25, 0.3) is 11.9 Å². The summed E-state index contributed by atoms with van der Waals surface area (Å²) in [7, 11) is 1.16. The number of halogens is 3. The SMILES string of the molecule is CC(c1ncnn1-c1ncccn1)N(CC1CC1)C(=O)c1cc(C(F)(F)F)n(C)n1. The molecule has 1 fully saturated rings. The van der Waals surface area contributed by atoms with E-state index in [1.165, 1.54) is 15.9 Å². The minimum Gasteiger partial charge on any atom is -0.327 e. The predicted molar refractivity (Wildman–Crippen MR) is 97.3 cm³/mol. The van der Waals surface area contributed by atoms with Crippen molar-refractivity contribution >= 4 is 5.91 Å². The van der Waals surface area contributed by atoms with E-state index in [0.717, 1.165) is 26.0 Å². The minimum absolute atomic E-state index is 0.264. The number of carbonyl (C=O) groups excluding carboxylic acids is 1. The molecule has 1 aliphatic carbocycles. The number of hydrogen-bond donors (Lipinski definition) is 0. The Balaban J connectivity index is 1.67. The highest BCUT2D eigenvalue weighted by molar-refractivity contribution is 5.92. The van der Waals surface area contributed by atoms with Gasteiger partial charge in [0.15, 0.2) is 11.5 Å². The quantitative estimate of drug-likeness (QED) is 0.608. The smallest absolute Gasteiger partial charge is 0.327 e. The Morgan fingerprint density at radius 1 is 1.27 bits per heavy atom. The fourth-order valence-electron chi connectivity index (χ4n) is 3.21. The molecular weight excluding hydrogens is 401 g/mol. The number of amides is 1. The molecule has 12 heteroatoms. The Kier molecular flexibility index (Phi) is 5.00. The van der Waals surface area contributed by atoms with Crippen molar-refractivity contribution in [1.29, 1.82) is 0 Å². The summed E-state index contributed by atoms with van der Waals surface area (Å²) in [6, 6.07) is 1.85. The third kappa shape index (κ3) is 3.89. The van der Waals surface area contributed by atoms with Crippen LogP contribution in [-0.2, 0) is 13.2 Å². The summed E-state index contributed by atoms with van der Waals surface area (Å²) in [5.41, 5.74) is -1.25. The van der Waals surface area contributed by atoms with E-state index in [9.17, 15) is 18.0 Å². The molecule has 1 unspecified atom stereocenters. The monoisotopic (exact) mass is 420 g/mol. The Morgan fingerprint density at radius 2 is 1.97 bits per heavy atom. The summed E-state index contributed by atoms with van der Waals surface area (Å²) in [6.45, 7) is 2.14. The zero-order valence-electron chi connectivity index (χ0n) is 16.3. The number of aromatic nitrogens is 7. The maximum atomic E-state index is 13.2. The fraction of sp³-hybridized carbons (Fsp3) is 0.444. The van der Waals surface area contributed by atoms with Crippen LogP contribution in [0, 0.1) is 5.92 Å². The highest BCUT2D eigenvalue weighted by atomic mass is 19.4. The highest BCUT2D eigenvalue weighted by Gasteiger charge is 2.38. The Labute approximate surface area is 169 Å². The van der Waals surface area contributed by atoms with Gasteiger partial charge >= 0.3 is 6.18 Å². The lowest BCUT2D eigenvalue weighted by Crippen LogP contribution is -2.37. The zero-order chi connectivity index (χ0) is 21.5. The average Bonchev–Trinajstić information content (AvgIpc) is 3.23. The van der Waals surface area contributed by atoms with E-state index in [2.05, 4.69) is 25.1 Å². The molecule has 1 amide bonds. The van der Waals surface area contributed by atoms with Gasteiger partial charge in [-0.05, 0) is 31.7 Å².